The molecule has 5 nitrogen and oxygen atoms in total. The van der Waals surface area contributed by atoms with E-state index in [-0.39, 0.29) is 23.4 Å². The van der Waals surface area contributed by atoms with E-state index in [9.17, 15) is 18.8 Å². The second-order valence-corrected chi connectivity index (χ2v) is 8.40. The molecule has 30 heavy (non-hydrogen) atoms. The molecular weight excluding hydrogens is 409 g/mol. The molecule has 0 spiro atoms. The molecule has 0 bridgehead atoms. The Kier molecular flexibility index (Phi) is 6.08. The molecule has 0 amide bonds. The molecule has 0 aliphatic carbocycles. The normalized spacial score (nSPS) is 11.5. The van der Waals surface area contributed by atoms with Gasteiger partial charge >= 0.3 is 5.97 Å². The van der Waals surface area contributed by atoms with E-state index < -0.39 is 22.9 Å². The fourth-order valence-electron chi connectivity index (χ4n) is 3.21. The fraction of sp³-hybridized carbons (Fsp3) is 0.261. The molecule has 2 aromatic heterocycles. The van der Waals surface area contributed by atoms with Crippen LogP contribution in [0.15, 0.2) is 47.4 Å². The molecule has 0 saturated heterocycles. The van der Waals surface area contributed by atoms with Crippen molar-refractivity contribution >= 4 is 29.4 Å². The summed E-state index contributed by atoms with van der Waals surface area (Å²) in [4.78, 5) is 36.4. The Hall–Kier alpha value is -2.99. The van der Waals surface area contributed by atoms with Crippen molar-refractivity contribution in [3.05, 3.63) is 86.0 Å². The van der Waals surface area contributed by atoms with Crippen LogP contribution in [0.25, 0.3) is 5.52 Å². The van der Waals surface area contributed by atoms with Crippen LogP contribution in [0.5, 0.6) is 0 Å². The third kappa shape index (κ3) is 4.76. The molecule has 2 heterocycles. The van der Waals surface area contributed by atoms with Crippen LogP contribution >= 0.6 is 11.6 Å². The standard InChI is InChI=1S/C23H21ClFNO4/c1-23(2,3)30-20(28)11-16-10-17(13-27)22(29)26-12-14(7-8-19(16)26)9-15-5-4-6-18(24)21(15)25/h4-8,10,12-13H,9,11H2,1-3H3. The smallest absolute Gasteiger partial charge is 0.310 e. The number of rotatable bonds is 5. The highest BCUT2D eigenvalue weighted by Crippen LogP contribution is 2.22. The number of carbonyl (C=O) groups excluding carboxylic acids is 2. The van der Waals surface area contributed by atoms with Crippen LogP contribution < -0.4 is 5.56 Å². The van der Waals surface area contributed by atoms with E-state index in [1.807, 2.05) is 0 Å². The Morgan fingerprint density at radius 1 is 1.20 bits per heavy atom. The van der Waals surface area contributed by atoms with Crippen molar-refractivity contribution in [1.29, 1.82) is 0 Å². The van der Waals surface area contributed by atoms with Crippen molar-refractivity contribution < 1.29 is 18.7 Å². The first-order chi connectivity index (χ1) is 14.1. The molecule has 0 aliphatic heterocycles. The zero-order valence-corrected chi connectivity index (χ0v) is 17.6. The Morgan fingerprint density at radius 3 is 2.60 bits per heavy atom. The number of pyridine rings is 2. The van der Waals surface area contributed by atoms with E-state index in [0.29, 0.717) is 28.5 Å². The van der Waals surface area contributed by atoms with Crippen LogP contribution in [-0.4, -0.2) is 22.3 Å². The molecule has 156 valence electrons. The number of fused-ring (bicyclic) bond motifs is 1. The maximum atomic E-state index is 14.2. The van der Waals surface area contributed by atoms with Gasteiger partial charge in [-0.25, -0.2) is 4.39 Å². The van der Waals surface area contributed by atoms with Crippen molar-refractivity contribution in [2.24, 2.45) is 0 Å². The third-order valence-electron chi connectivity index (χ3n) is 4.44. The number of benzene rings is 1. The molecule has 0 fully saturated rings. The van der Waals surface area contributed by atoms with Gasteiger partial charge in [-0.15, -0.1) is 0 Å². The van der Waals surface area contributed by atoms with Gasteiger partial charge in [-0.1, -0.05) is 29.8 Å². The molecule has 1 aromatic carbocycles. The summed E-state index contributed by atoms with van der Waals surface area (Å²) in [6, 6.07) is 9.55. The monoisotopic (exact) mass is 429 g/mol. The topological polar surface area (TPSA) is 64.9 Å². The highest BCUT2D eigenvalue weighted by Gasteiger charge is 2.19. The van der Waals surface area contributed by atoms with Gasteiger partial charge in [0.05, 0.1) is 22.5 Å². The van der Waals surface area contributed by atoms with E-state index in [0.717, 1.165) is 0 Å². The lowest BCUT2D eigenvalue weighted by Gasteiger charge is -2.20. The predicted molar refractivity (Wildman–Crippen MR) is 113 cm³/mol. The van der Waals surface area contributed by atoms with Crippen LogP contribution in [0.3, 0.4) is 0 Å². The second-order valence-electron chi connectivity index (χ2n) is 7.99. The number of halogens is 2. The maximum Gasteiger partial charge on any atom is 0.310 e. The first-order valence-corrected chi connectivity index (χ1v) is 9.74. The molecule has 0 N–H and O–H groups in total. The fourth-order valence-corrected chi connectivity index (χ4v) is 3.40. The summed E-state index contributed by atoms with van der Waals surface area (Å²) in [6.07, 6.45) is 2.12. The van der Waals surface area contributed by atoms with Gasteiger partial charge in [0.25, 0.3) is 5.56 Å². The van der Waals surface area contributed by atoms with Gasteiger partial charge in [0.1, 0.15) is 11.4 Å². The number of aldehydes is 1. The first-order valence-electron chi connectivity index (χ1n) is 9.36. The number of nitrogens with zero attached hydrogens (tertiary/aromatic N) is 1. The lowest BCUT2D eigenvalue weighted by molar-refractivity contribution is -0.153. The van der Waals surface area contributed by atoms with E-state index in [1.54, 1.807) is 51.2 Å². The lowest BCUT2D eigenvalue weighted by Crippen LogP contribution is -2.26. The third-order valence-corrected chi connectivity index (χ3v) is 4.73. The summed E-state index contributed by atoms with van der Waals surface area (Å²) in [5, 5.41) is 0.0216. The van der Waals surface area contributed by atoms with Crippen LogP contribution in [0.4, 0.5) is 4.39 Å². The lowest BCUT2D eigenvalue weighted by atomic mass is 10.0. The quantitative estimate of drug-likeness (QED) is 0.446. The molecular formula is C23H21ClFNO4. The second kappa shape index (κ2) is 8.40. The Bertz CT molecular complexity index is 1190. The van der Waals surface area contributed by atoms with Crippen LogP contribution in [-0.2, 0) is 22.4 Å². The van der Waals surface area contributed by atoms with Gasteiger partial charge in [-0.3, -0.25) is 18.8 Å². The number of ether oxygens (including phenoxy) is 1. The van der Waals surface area contributed by atoms with Gasteiger partial charge in [0.15, 0.2) is 6.29 Å². The largest absolute Gasteiger partial charge is 0.460 e. The maximum absolute atomic E-state index is 14.2. The minimum absolute atomic E-state index is 0.0216. The molecule has 0 unspecified atom stereocenters. The van der Waals surface area contributed by atoms with Crippen molar-refractivity contribution in [2.45, 2.75) is 39.2 Å². The SMILES string of the molecule is CC(C)(C)OC(=O)Cc1cc(C=O)c(=O)n2cc(Cc3cccc(Cl)c3F)ccc12. The summed E-state index contributed by atoms with van der Waals surface area (Å²) < 4.78 is 20.9. The van der Waals surface area contributed by atoms with Crippen molar-refractivity contribution in [3.63, 3.8) is 0 Å². The molecule has 0 aliphatic rings. The molecule has 0 saturated carbocycles. The van der Waals surface area contributed by atoms with Crippen LogP contribution in [0.2, 0.25) is 5.02 Å². The predicted octanol–water partition coefficient (Wildman–Crippen LogP) is 4.38. The molecule has 3 rings (SSSR count). The van der Waals surface area contributed by atoms with E-state index in [1.165, 1.54) is 16.5 Å². The number of aromatic nitrogens is 1. The zero-order chi connectivity index (χ0) is 22.1. The number of esters is 1. The van der Waals surface area contributed by atoms with Gasteiger partial charge in [-0.05, 0) is 55.7 Å². The zero-order valence-electron chi connectivity index (χ0n) is 16.9. The molecule has 0 radical (unpaired) electrons. The van der Waals surface area contributed by atoms with Crippen LogP contribution in [0.1, 0.15) is 47.8 Å². The summed E-state index contributed by atoms with van der Waals surface area (Å²) in [7, 11) is 0. The van der Waals surface area contributed by atoms with E-state index in [2.05, 4.69) is 0 Å². The Labute approximate surface area is 178 Å². The average molecular weight is 430 g/mol. The summed E-state index contributed by atoms with van der Waals surface area (Å²) in [5.74, 6) is -0.983. The molecule has 0 atom stereocenters. The van der Waals surface area contributed by atoms with E-state index in [4.69, 9.17) is 16.3 Å². The van der Waals surface area contributed by atoms with Crippen LogP contribution in [0, 0.1) is 5.82 Å². The molecule has 3 aromatic rings. The van der Waals surface area contributed by atoms with E-state index >= 15 is 0 Å². The Balaban J connectivity index is 2.05. The molecule has 7 heteroatoms. The van der Waals surface area contributed by atoms with Crippen molar-refractivity contribution in [3.8, 4) is 0 Å². The minimum atomic E-state index is -0.653. The van der Waals surface area contributed by atoms with Gasteiger partial charge in [0, 0.05) is 12.6 Å². The summed E-state index contributed by atoms with van der Waals surface area (Å²) in [5.41, 5.74) is 0.768. The van der Waals surface area contributed by atoms with Crippen molar-refractivity contribution in [2.75, 3.05) is 0 Å². The average Bonchev–Trinajstić information content (AvgIpc) is 2.66. The highest BCUT2D eigenvalue weighted by molar-refractivity contribution is 6.30. The number of hydrogen-bond acceptors (Lipinski definition) is 4. The van der Waals surface area contributed by atoms with Gasteiger partial charge < -0.3 is 4.74 Å². The number of hydrogen-bond donors (Lipinski definition) is 0. The Morgan fingerprint density at radius 2 is 1.93 bits per heavy atom. The first kappa shape index (κ1) is 21.7. The van der Waals surface area contributed by atoms with Crippen molar-refractivity contribution in [1.82, 2.24) is 4.40 Å². The minimum Gasteiger partial charge on any atom is -0.460 e. The van der Waals surface area contributed by atoms with Gasteiger partial charge in [0.2, 0.25) is 0 Å². The summed E-state index contributed by atoms with van der Waals surface area (Å²) >= 11 is 5.84. The summed E-state index contributed by atoms with van der Waals surface area (Å²) in [6.45, 7) is 5.28. The number of carbonyl (C=O) groups is 2. The highest BCUT2D eigenvalue weighted by atomic mass is 35.5. The van der Waals surface area contributed by atoms with Gasteiger partial charge in [-0.2, -0.15) is 0 Å².